The van der Waals surface area contributed by atoms with E-state index in [-0.39, 0.29) is 11.9 Å². The summed E-state index contributed by atoms with van der Waals surface area (Å²) >= 11 is 3.29. The van der Waals surface area contributed by atoms with Crippen LogP contribution in [-0.4, -0.2) is 15.9 Å². The number of carbonyl (C=O) groups excluding carboxylic acids is 1. The van der Waals surface area contributed by atoms with Gasteiger partial charge in [-0.05, 0) is 40.2 Å². The lowest BCUT2D eigenvalue weighted by Gasteiger charge is -2.05. The van der Waals surface area contributed by atoms with Crippen LogP contribution in [-0.2, 0) is 0 Å². The molecule has 0 aliphatic heterocycles. The van der Waals surface area contributed by atoms with Crippen molar-refractivity contribution < 1.29 is 4.79 Å². The summed E-state index contributed by atoms with van der Waals surface area (Å²) in [6, 6.07) is 6.68. The van der Waals surface area contributed by atoms with Crippen LogP contribution in [0.1, 0.15) is 10.4 Å². The second kappa shape index (κ2) is 4.92. The van der Waals surface area contributed by atoms with E-state index in [4.69, 9.17) is 5.73 Å². The minimum atomic E-state index is -0.310. The highest BCUT2D eigenvalue weighted by Crippen LogP contribution is 2.20. The van der Waals surface area contributed by atoms with E-state index in [0.717, 1.165) is 0 Å². The summed E-state index contributed by atoms with van der Waals surface area (Å²) < 4.78 is 0.667. The quantitative estimate of drug-likeness (QED) is 0.831. The summed E-state index contributed by atoms with van der Waals surface area (Å²) in [4.78, 5) is 19.7. The predicted molar refractivity (Wildman–Crippen MR) is 68.5 cm³/mol. The first kappa shape index (κ1) is 11.5. The molecule has 0 saturated heterocycles. The molecule has 6 heteroatoms. The van der Waals surface area contributed by atoms with E-state index in [2.05, 4.69) is 31.2 Å². The van der Waals surface area contributed by atoms with Gasteiger partial charge in [0.15, 0.2) is 0 Å². The normalized spacial score (nSPS) is 9.94. The van der Waals surface area contributed by atoms with E-state index in [1.807, 2.05) is 0 Å². The molecule has 17 heavy (non-hydrogen) atoms. The molecule has 0 unspecified atom stereocenters. The van der Waals surface area contributed by atoms with Crippen LogP contribution in [0, 0.1) is 0 Å². The van der Waals surface area contributed by atoms with E-state index in [9.17, 15) is 4.79 Å². The maximum absolute atomic E-state index is 11.9. The average molecular weight is 293 g/mol. The monoisotopic (exact) mass is 292 g/mol. The maximum Gasteiger partial charge on any atom is 0.259 e. The molecule has 1 aromatic heterocycles. The van der Waals surface area contributed by atoms with Crippen LogP contribution in [0.25, 0.3) is 0 Å². The van der Waals surface area contributed by atoms with Crippen molar-refractivity contribution in [2.45, 2.75) is 0 Å². The highest BCUT2D eigenvalue weighted by Gasteiger charge is 2.11. The molecule has 1 aromatic carbocycles. The third-order valence-electron chi connectivity index (χ3n) is 2.03. The van der Waals surface area contributed by atoms with Gasteiger partial charge in [-0.15, -0.1) is 0 Å². The Morgan fingerprint density at radius 1 is 1.29 bits per heavy atom. The number of hydrogen-bond acceptors (Lipinski definition) is 4. The number of anilines is 2. The van der Waals surface area contributed by atoms with Crippen molar-refractivity contribution in [3.63, 3.8) is 0 Å². The van der Waals surface area contributed by atoms with Gasteiger partial charge in [-0.3, -0.25) is 10.1 Å². The first-order valence-corrected chi connectivity index (χ1v) is 5.59. The molecule has 5 nitrogen and oxygen atoms in total. The third kappa shape index (κ3) is 2.79. The van der Waals surface area contributed by atoms with E-state index in [0.29, 0.717) is 15.7 Å². The molecule has 0 spiro atoms. The third-order valence-corrected chi connectivity index (χ3v) is 2.72. The smallest absolute Gasteiger partial charge is 0.259 e. The van der Waals surface area contributed by atoms with Gasteiger partial charge in [0.05, 0.1) is 5.56 Å². The number of aromatic nitrogens is 2. The second-order valence-electron chi connectivity index (χ2n) is 3.27. The predicted octanol–water partition coefficient (Wildman–Crippen LogP) is 2.07. The van der Waals surface area contributed by atoms with Gasteiger partial charge in [0.1, 0.15) is 0 Å². The minimum Gasteiger partial charge on any atom is -0.399 e. The topological polar surface area (TPSA) is 80.9 Å². The van der Waals surface area contributed by atoms with Crippen LogP contribution in [0.3, 0.4) is 0 Å². The summed E-state index contributed by atoms with van der Waals surface area (Å²) in [7, 11) is 0. The fraction of sp³-hybridized carbons (Fsp3) is 0. The number of benzene rings is 1. The van der Waals surface area contributed by atoms with Gasteiger partial charge < -0.3 is 5.73 Å². The lowest BCUT2D eigenvalue weighted by Crippen LogP contribution is -2.14. The lowest BCUT2D eigenvalue weighted by molar-refractivity contribution is 0.102. The number of hydrogen-bond donors (Lipinski definition) is 2. The van der Waals surface area contributed by atoms with Crippen LogP contribution in [0.5, 0.6) is 0 Å². The Kier molecular flexibility index (Phi) is 3.34. The molecule has 2 aromatic rings. The fourth-order valence-corrected chi connectivity index (χ4v) is 1.68. The largest absolute Gasteiger partial charge is 0.399 e. The minimum absolute atomic E-state index is 0.256. The fourth-order valence-electron chi connectivity index (χ4n) is 1.25. The highest BCUT2D eigenvalue weighted by atomic mass is 79.9. The molecule has 2 rings (SSSR count). The van der Waals surface area contributed by atoms with Crippen LogP contribution in [0.2, 0.25) is 0 Å². The first-order valence-electron chi connectivity index (χ1n) is 4.80. The number of nitrogens with one attached hydrogen (secondary N) is 1. The van der Waals surface area contributed by atoms with Crippen LogP contribution >= 0.6 is 15.9 Å². The van der Waals surface area contributed by atoms with E-state index in [1.165, 1.54) is 0 Å². The summed E-state index contributed by atoms with van der Waals surface area (Å²) in [6.45, 7) is 0. The van der Waals surface area contributed by atoms with Gasteiger partial charge in [-0.2, -0.15) is 0 Å². The van der Waals surface area contributed by atoms with Gasteiger partial charge in [0, 0.05) is 22.6 Å². The van der Waals surface area contributed by atoms with Crippen molar-refractivity contribution in [2.24, 2.45) is 0 Å². The summed E-state index contributed by atoms with van der Waals surface area (Å²) in [5.41, 5.74) is 6.59. The molecule has 1 amide bonds. The number of carbonyl (C=O) groups is 1. The number of rotatable bonds is 2. The van der Waals surface area contributed by atoms with Crippen LogP contribution in [0.15, 0.2) is 41.1 Å². The van der Waals surface area contributed by atoms with E-state index < -0.39 is 0 Å². The van der Waals surface area contributed by atoms with Gasteiger partial charge in [-0.1, -0.05) is 0 Å². The maximum atomic E-state index is 11.9. The molecule has 0 atom stereocenters. The Bertz CT molecular complexity index is 544. The number of nitrogens with two attached hydrogens (primary N) is 1. The summed E-state index contributed by atoms with van der Waals surface area (Å²) in [6.07, 6.45) is 3.11. The second-order valence-corrected chi connectivity index (χ2v) is 4.12. The van der Waals surface area contributed by atoms with Gasteiger partial charge >= 0.3 is 0 Å². The SMILES string of the molecule is Nc1ccc(Br)c(C(=O)Nc2ncccn2)c1. The number of amides is 1. The number of nitrogen functional groups attached to an aromatic ring is 1. The van der Waals surface area contributed by atoms with Crippen molar-refractivity contribution in [3.05, 3.63) is 46.7 Å². The molecule has 1 heterocycles. The Hall–Kier alpha value is -1.95. The molecule has 0 aliphatic rings. The van der Waals surface area contributed by atoms with Gasteiger partial charge in [0.2, 0.25) is 5.95 Å². The van der Waals surface area contributed by atoms with Crippen LogP contribution < -0.4 is 11.1 Å². The zero-order valence-corrected chi connectivity index (χ0v) is 10.3. The molecular formula is C11H9BrN4O. The zero-order valence-electron chi connectivity index (χ0n) is 8.72. The van der Waals surface area contributed by atoms with Gasteiger partial charge in [-0.25, -0.2) is 9.97 Å². The molecule has 0 radical (unpaired) electrons. The molecule has 0 saturated carbocycles. The Morgan fingerprint density at radius 3 is 2.71 bits per heavy atom. The number of nitrogens with zero attached hydrogens (tertiary/aromatic N) is 2. The van der Waals surface area contributed by atoms with Crippen molar-refractivity contribution in [3.8, 4) is 0 Å². The molecule has 0 fully saturated rings. The number of halogens is 1. The van der Waals surface area contributed by atoms with Crippen molar-refractivity contribution in [2.75, 3.05) is 11.1 Å². The molecule has 86 valence electrons. The first-order chi connectivity index (χ1) is 8.16. The van der Waals surface area contributed by atoms with Crippen molar-refractivity contribution in [1.29, 1.82) is 0 Å². The Labute approximate surface area is 106 Å². The molecule has 0 aliphatic carbocycles. The molecule has 3 N–H and O–H groups in total. The van der Waals surface area contributed by atoms with E-state index >= 15 is 0 Å². The lowest BCUT2D eigenvalue weighted by atomic mass is 10.2. The Morgan fingerprint density at radius 2 is 2.00 bits per heavy atom. The zero-order chi connectivity index (χ0) is 12.3. The standard InChI is InChI=1S/C11H9BrN4O/c12-9-3-2-7(13)6-8(9)10(17)16-11-14-4-1-5-15-11/h1-6H,13H2,(H,14,15,16,17). The average Bonchev–Trinajstić information content (AvgIpc) is 2.33. The van der Waals surface area contributed by atoms with E-state index in [1.54, 1.807) is 36.7 Å². The summed E-state index contributed by atoms with van der Waals surface area (Å²) in [5, 5.41) is 2.58. The van der Waals surface area contributed by atoms with Crippen LogP contribution in [0.4, 0.5) is 11.6 Å². The van der Waals surface area contributed by atoms with Crippen molar-refractivity contribution in [1.82, 2.24) is 9.97 Å². The molecular weight excluding hydrogens is 284 g/mol. The van der Waals surface area contributed by atoms with Gasteiger partial charge in [0.25, 0.3) is 5.91 Å². The van der Waals surface area contributed by atoms with Crippen molar-refractivity contribution >= 4 is 33.5 Å². The highest BCUT2D eigenvalue weighted by molar-refractivity contribution is 9.10. The Balaban J connectivity index is 2.23. The molecule has 0 bridgehead atoms. The summed E-state index contributed by atoms with van der Waals surface area (Å²) in [5.74, 6) is -0.0535.